The van der Waals surface area contributed by atoms with Crippen molar-refractivity contribution in [1.82, 2.24) is 0 Å². The fraction of sp³-hybridized carbons (Fsp3) is 0.0833. The molecule has 0 aliphatic carbocycles. The number of hydrogen-bond acceptors (Lipinski definition) is 5. The highest BCUT2D eigenvalue weighted by Crippen LogP contribution is 2.33. The van der Waals surface area contributed by atoms with E-state index in [0.717, 1.165) is 5.56 Å². The van der Waals surface area contributed by atoms with Crippen molar-refractivity contribution in [3.63, 3.8) is 0 Å². The van der Waals surface area contributed by atoms with Gasteiger partial charge in [-0.25, -0.2) is 4.79 Å². The molecule has 0 atom stereocenters. The van der Waals surface area contributed by atoms with Crippen LogP contribution in [-0.2, 0) is 0 Å². The predicted molar refractivity (Wildman–Crippen MR) is 115 cm³/mol. The Balaban J connectivity index is 1.87. The molecule has 6 heteroatoms. The van der Waals surface area contributed by atoms with Crippen molar-refractivity contribution in [2.75, 3.05) is 19.5 Å². The molecule has 0 unspecified atom stereocenters. The number of carbonyl (C=O) groups excluding carboxylic acids is 1. The largest absolute Gasteiger partial charge is 0.497 e. The number of methoxy groups -OCH3 is 2. The van der Waals surface area contributed by atoms with Crippen molar-refractivity contribution >= 4 is 22.4 Å². The molecule has 0 fully saturated rings. The lowest BCUT2D eigenvalue weighted by atomic mass is 9.98. The van der Waals surface area contributed by atoms with Crippen LogP contribution in [0.3, 0.4) is 0 Å². The fourth-order valence-electron chi connectivity index (χ4n) is 3.33. The van der Waals surface area contributed by atoms with E-state index >= 15 is 0 Å². The highest BCUT2D eigenvalue weighted by Gasteiger charge is 2.22. The highest BCUT2D eigenvalue weighted by molar-refractivity contribution is 6.12. The third-order valence-corrected chi connectivity index (χ3v) is 4.76. The number of ether oxygens (including phenoxy) is 2. The first kappa shape index (κ1) is 19.3. The van der Waals surface area contributed by atoms with Gasteiger partial charge in [0.2, 0.25) is 5.76 Å². The first-order valence-electron chi connectivity index (χ1n) is 9.27. The van der Waals surface area contributed by atoms with Crippen molar-refractivity contribution in [2.45, 2.75) is 0 Å². The predicted octanol–water partition coefficient (Wildman–Crippen LogP) is 4.73. The average Bonchev–Trinajstić information content (AvgIpc) is 2.79. The number of benzene rings is 3. The molecule has 150 valence electrons. The van der Waals surface area contributed by atoms with Gasteiger partial charge in [0.15, 0.2) is 0 Å². The Bertz CT molecular complexity index is 1280. The van der Waals surface area contributed by atoms with Crippen LogP contribution in [0.5, 0.6) is 11.5 Å². The van der Waals surface area contributed by atoms with E-state index in [1.54, 1.807) is 43.5 Å². The number of anilines is 1. The smallest absolute Gasteiger partial charge is 0.344 e. The van der Waals surface area contributed by atoms with Gasteiger partial charge in [-0.05, 0) is 23.8 Å². The Morgan fingerprint density at radius 1 is 0.867 bits per heavy atom. The summed E-state index contributed by atoms with van der Waals surface area (Å²) >= 11 is 0. The molecule has 0 aliphatic heterocycles. The Hall–Kier alpha value is -4.06. The first-order chi connectivity index (χ1) is 14.6. The summed E-state index contributed by atoms with van der Waals surface area (Å²) < 4.78 is 16.0. The van der Waals surface area contributed by atoms with Crippen LogP contribution >= 0.6 is 0 Å². The number of amides is 1. The van der Waals surface area contributed by atoms with E-state index < -0.39 is 11.5 Å². The molecule has 4 aromatic rings. The van der Waals surface area contributed by atoms with Crippen molar-refractivity contribution in [3.8, 4) is 22.6 Å². The summed E-state index contributed by atoms with van der Waals surface area (Å²) in [5, 5.41) is 3.84. The van der Waals surface area contributed by atoms with Crippen molar-refractivity contribution in [1.29, 1.82) is 0 Å². The normalized spacial score (nSPS) is 10.6. The molecule has 1 N–H and O–H groups in total. The molecule has 0 saturated carbocycles. The molecule has 6 nitrogen and oxygen atoms in total. The Morgan fingerprint density at radius 2 is 1.57 bits per heavy atom. The van der Waals surface area contributed by atoms with Gasteiger partial charge in [-0.15, -0.1) is 0 Å². The lowest BCUT2D eigenvalue weighted by molar-refractivity contribution is 0.0993. The quantitative estimate of drug-likeness (QED) is 0.523. The van der Waals surface area contributed by atoms with Crippen LogP contribution in [0, 0.1) is 0 Å². The van der Waals surface area contributed by atoms with Crippen LogP contribution in [0.4, 0.5) is 5.69 Å². The van der Waals surface area contributed by atoms with Crippen LogP contribution in [0.25, 0.3) is 21.9 Å². The Labute approximate surface area is 172 Å². The van der Waals surface area contributed by atoms with Gasteiger partial charge in [-0.1, -0.05) is 48.5 Å². The molecule has 30 heavy (non-hydrogen) atoms. The number of nitrogens with one attached hydrogen (secondary N) is 1. The van der Waals surface area contributed by atoms with Crippen LogP contribution in [0.2, 0.25) is 0 Å². The van der Waals surface area contributed by atoms with Gasteiger partial charge >= 0.3 is 5.63 Å². The summed E-state index contributed by atoms with van der Waals surface area (Å²) in [7, 11) is 3.04. The maximum atomic E-state index is 13.2. The van der Waals surface area contributed by atoms with Gasteiger partial charge in [0.1, 0.15) is 11.5 Å². The van der Waals surface area contributed by atoms with E-state index in [-0.39, 0.29) is 5.76 Å². The second kappa shape index (κ2) is 8.13. The second-order valence-electron chi connectivity index (χ2n) is 6.53. The summed E-state index contributed by atoms with van der Waals surface area (Å²) in [5.74, 6) is 0.391. The summed E-state index contributed by atoms with van der Waals surface area (Å²) in [4.78, 5) is 25.8. The van der Waals surface area contributed by atoms with Gasteiger partial charge in [-0.2, -0.15) is 0 Å². The van der Waals surface area contributed by atoms with Crippen molar-refractivity contribution < 1.29 is 18.7 Å². The molecule has 0 radical (unpaired) electrons. The molecule has 4 rings (SSSR count). The monoisotopic (exact) mass is 401 g/mol. The van der Waals surface area contributed by atoms with Crippen LogP contribution < -0.4 is 20.4 Å². The molecule has 0 saturated heterocycles. The number of hydrogen-bond donors (Lipinski definition) is 1. The molecule has 0 aliphatic rings. The van der Waals surface area contributed by atoms with Crippen molar-refractivity contribution in [2.24, 2.45) is 0 Å². The first-order valence-corrected chi connectivity index (χ1v) is 9.27. The molecular formula is C24H19NO5. The van der Waals surface area contributed by atoms with Crippen LogP contribution in [0.15, 0.2) is 82.0 Å². The summed E-state index contributed by atoms with van der Waals surface area (Å²) in [5.41, 5.74) is 1.18. The van der Waals surface area contributed by atoms with Crippen LogP contribution in [0.1, 0.15) is 10.6 Å². The zero-order chi connectivity index (χ0) is 21.1. The van der Waals surface area contributed by atoms with Gasteiger partial charge < -0.3 is 19.2 Å². The number of rotatable bonds is 5. The van der Waals surface area contributed by atoms with Crippen LogP contribution in [-0.4, -0.2) is 20.1 Å². The van der Waals surface area contributed by atoms with Gasteiger partial charge in [0.25, 0.3) is 5.91 Å². The Kier molecular flexibility index (Phi) is 5.22. The summed E-state index contributed by atoms with van der Waals surface area (Å²) in [6, 6.07) is 21.4. The molecule has 1 aromatic heterocycles. The summed E-state index contributed by atoms with van der Waals surface area (Å²) in [6.45, 7) is 0. The molecule has 0 spiro atoms. The van der Waals surface area contributed by atoms with Gasteiger partial charge in [0, 0.05) is 17.0 Å². The molecule has 3 aromatic carbocycles. The SMILES string of the molecule is COc1ccc(NC(=O)c2oc(=O)c3ccccc3c2-c2ccccc2)c(OC)c1. The van der Waals surface area contributed by atoms with E-state index in [0.29, 0.717) is 33.5 Å². The topological polar surface area (TPSA) is 77.8 Å². The lowest BCUT2D eigenvalue weighted by Gasteiger charge is -2.14. The van der Waals surface area contributed by atoms with Gasteiger partial charge in [0.05, 0.1) is 25.3 Å². The molecule has 1 amide bonds. The summed E-state index contributed by atoms with van der Waals surface area (Å²) in [6.07, 6.45) is 0. The number of fused-ring (bicyclic) bond motifs is 1. The maximum Gasteiger partial charge on any atom is 0.344 e. The van der Waals surface area contributed by atoms with E-state index in [4.69, 9.17) is 13.9 Å². The van der Waals surface area contributed by atoms with E-state index in [9.17, 15) is 9.59 Å². The Morgan fingerprint density at radius 3 is 2.27 bits per heavy atom. The maximum absolute atomic E-state index is 13.2. The third-order valence-electron chi connectivity index (χ3n) is 4.76. The van der Waals surface area contributed by atoms with E-state index in [1.807, 2.05) is 36.4 Å². The van der Waals surface area contributed by atoms with E-state index in [2.05, 4.69) is 5.32 Å². The van der Waals surface area contributed by atoms with E-state index in [1.165, 1.54) is 7.11 Å². The third kappa shape index (κ3) is 3.51. The standard InChI is InChI=1S/C24H19NO5/c1-28-16-12-13-19(20(14-16)29-2)25-23(26)22-21(15-8-4-3-5-9-15)17-10-6-7-11-18(17)24(27)30-22/h3-14H,1-2H3,(H,25,26). The van der Waals surface area contributed by atoms with Crippen molar-refractivity contribution in [3.05, 3.63) is 89.0 Å². The number of carbonyl (C=O) groups is 1. The minimum absolute atomic E-state index is 0.0669. The minimum atomic E-state index is -0.572. The molecule has 0 bridgehead atoms. The molecule has 1 heterocycles. The fourth-order valence-corrected chi connectivity index (χ4v) is 3.33. The zero-order valence-corrected chi connectivity index (χ0v) is 16.5. The molecular weight excluding hydrogens is 382 g/mol. The average molecular weight is 401 g/mol. The second-order valence-corrected chi connectivity index (χ2v) is 6.53. The minimum Gasteiger partial charge on any atom is -0.497 e. The lowest BCUT2D eigenvalue weighted by Crippen LogP contribution is -2.17. The van der Waals surface area contributed by atoms with Gasteiger partial charge in [-0.3, -0.25) is 4.79 Å². The highest BCUT2D eigenvalue weighted by atomic mass is 16.5. The zero-order valence-electron chi connectivity index (χ0n) is 16.5.